The largest absolute Gasteiger partial charge is 0.492 e. The highest BCUT2D eigenvalue weighted by Crippen LogP contribution is 2.24. The van der Waals surface area contributed by atoms with Gasteiger partial charge in [-0.05, 0) is 35.0 Å². The van der Waals surface area contributed by atoms with E-state index in [1.807, 2.05) is 16.4 Å². The summed E-state index contributed by atoms with van der Waals surface area (Å²) < 4.78 is 15.1. The van der Waals surface area contributed by atoms with Gasteiger partial charge < -0.3 is 5.11 Å². The van der Waals surface area contributed by atoms with Gasteiger partial charge in [0.15, 0.2) is 0 Å². The van der Waals surface area contributed by atoms with Crippen LogP contribution in [0.4, 0.5) is 4.39 Å². The SMILES string of the molecule is O=c1[nH]c(=O)n(-c2ccc3sccc3c2)c(O)c1F. The number of thiophene rings is 1. The molecule has 0 saturated heterocycles. The number of aromatic hydroxyl groups is 1. The predicted octanol–water partition coefficient (Wildman–Crippen LogP) is 1.59. The minimum Gasteiger partial charge on any atom is -0.492 e. The lowest BCUT2D eigenvalue weighted by Gasteiger charge is -2.08. The first-order valence-electron chi connectivity index (χ1n) is 5.29. The first kappa shape index (κ1) is 11.7. The zero-order valence-corrected chi connectivity index (χ0v) is 10.2. The lowest BCUT2D eigenvalue weighted by molar-refractivity contribution is 0.386. The summed E-state index contributed by atoms with van der Waals surface area (Å²) in [5, 5.41) is 12.3. The van der Waals surface area contributed by atoms with Gasteiger partial charge in [-0.3, -0.25) is 9.78 Å². The summed E-state index contributed by atoms with van der Waals surface area (Å²) in [7, 11) is 0. The first-order valence-corrected chi connectivity index (χ1v) is 6.17. The van der Waals surface area contributed by atoms with E-state index in [1.54, 1.807) is 18.2 Å². The Morgan fingerprint density at radius 3 is 2.84 bits per heavy atom. The molecule has 3 rings (SSSR count). The minimum atomic E-state index is -1.38. The molecule has 0 spiro atoms. The molecule has 0 amide bonds. The Morgan fingerprint density at radius 1 is 1.26 bits per heavy atom. The van der Waals surface area contributed by atoms with Gasteiger partial charge in [0.25, 0.3) is 5.56 Å². The Kier molecular flexibility index (Phi) is 2.49. The topological polar surface area (TPSA) is 75.1 Å². The number of fused-ring (bicyclic) bond motifs is 1. The van der Waals surface area contributed by atoms with Gasteiger partial charge in [0.2, 0.25) is 11.7 Å². The van der Waals surface area contributed by atoms with Crippen molar-refractivity contribution in [1.29, 1.82) is 0 Å². The summed E-state index contributed by atoms with van der Waals surface area (Å²) in [6, 6.07) is 6.79. The zero-order chi connectivity index (χ0) is 13.6. The molecule has 96 valence electrons. The zero-order valence-electron chi connectivity index (χ0n) is 9.38. The van der Waals surface area contributed by atoms with E-state index in [-0.39, 0.29) is 5.69 Å². The van der Waals surface area contributed by atoms with Crippen molar-refractivity contribution in [1.82, 2.24) is 9.55 Å². The molecule has 0 saturated carbocycles. The van der Waals surface area contributed by atoms with E-state index >= 15 is 0 Å². The highest BCUT2D eigenvalue weighted by molar-refractivity contribution is 7.17. The second kappa shape index (κ2) is 4.06. The maximum absolute atomic E-state index is 13.4. The van der Waals surface area contributed by atoms with Crippen molar-refractivity contribution in [2.75, 3.05) is 0 Å². The molecule has 7 heteroatoms. The Bertz CT molecular complexity index is 894. The summed E-state index contributed by atoms with van der Waals surface area (Å²) in [6.07, 6.45) is 0. The van der Waals surface area contributed by atoms with Crippen LogP contribution in [0.5, 0.6) is 5.88 Å². The van der Waals surface area contributed by atoms with Gasteiger partial charge in [0.1, 0.15) is 0 Å². The average molecular weight is 278 g/mol. The molecule has 0 aliphatic heterocycles. The van der Waals surface area contributed by atoms with Crippen LogP contribution in [0.1, 0.15) is 0 Å². The van der Waals surface area contributed by atoms with Crippen molar-refractivity contribution >= 4 is 21.4 Å². The fraction of sp³-hybridized carbons (Fsp3) is 0. The fourth-order valence-electron chi connectivity index (χ4n) is 1.84. The summed E-state index contributed by atoms with van der Waals surface area (Å²) >= 11 is 1.52. The molecule has 2 heterocycles. The third-order valence-electron chi connectivity index (χ3n) is 2.73. The van der Waals surface area contributed by atoms with Crippen molar-refractivity contribution < 1.29 is 9.50 Å². The monoisotopic (exact) mass is 278 g/mol. The third kappa shape index (κ3) is 1.75. The van der Waals surface area contributed by atoms with Crippen LogP contribution in [0, 0.1) is 5.82 Å². The van der Waals surface area contributed by atoms with E-state index < -0.39 is 22.9 Å². The molecule has 0 radical (unpaired) electrons. The van der Waals surface area contributed by atoms with Crippen LogP contribution in [0.3, 0.4) is 0 Å². The number of halogens is 1. The minimum absolute atomic E-state index is 0.281. The van der Waals surface area contributed by atoms with Gasteiger partial charge in [-0.1, -0.05) is 0 Å². The molecule has 2 N–H and O–H groups in total. The Balaban J connectivity index is 2.35. The number of aromatic amines is 1. The highest BCUT2D eigenvalue weighted by atomic mass is 32.1. The van der Waals surface area contributed by atoms with Crippen LogP contribution in [0.25, 0.3) is 15.8 Å². The number of hydrogen-bond donors (Lipinski definition) is 2. The van der Waals surface area contributed by atoms with Gasteiger partial charge >= 0.3 is 5.69 Å². The Hall–Kier alpha value is -2.41. The predicted molar refractivity (Wildman–Crippen MR) is 69.7 cm³/mol. The normalized spacial score (nSPS) is 11.0. The fourth-order valence-corrected chi connectivity index (χ4v) is 2.61. The number of hydrogen-bond acceptors (Lipinski definition) is 4. The second-order valence-corrected chi connectivity index (χ2v) is 4.82. The molecule has 0 atom stereocenters. The number of H-pyrrole nitrogens is 1. The van der Waals surface area contributed by atoms with Crippen LogP contribution >= 0.6 is 11.3 Å². The molecule has 0 aliphatic carbocycles. The van der Waals surface area contributed by atoms with E-state index in [1.165, 1.54) is 11.3 Å². The molecule has 5 nitrogen and oxygen atoms in total. The number of rotatable bonds is 1. The smallest absolute Gasteiger partial charge is 0.335 e. The molecule has 0 bridgehead atoms. The summed E-state index contributed by atoms with van der Waals surface area (Å²) in [5.74, 6) is -2.38. The highest BCUT2D eigenvalue weighted by Gasteiger charge is 2.15. The van der Waals surface area contributed by atoms with E-state index in [0.29, 0.717) is 4.57 Å². The van der Waals surface area contributed by atoms with Crippen molar-refractivity contribution in [3.63, 3.8) is 0 Å². The van der Waals surface area contributed by atoms with Gasteiger partial charge in [0, 0.05) is 4.70 Å². The van der Waals surface area contributed by atoms with Gasteiger partial charge in [-0.25, -0.2) is 9.36 Å². The molecule has 19 heavy (non-hydrogen) atoms. The summed E-state index contributed by atoms with van der Waals surface area (Å²) in [6.45, 7) is 0. The first-order chi connectivity index (χ1) is 9.08. The van der Waals surface area contributed by atoms with Gasteiger partial charge in [0.05, 0.1) is 5.69 Å². The Morgan fingerprint density at radius 2 is 2.05 bits per heavy atom. The number of benzene rings is 1. The van der Waals surface area contributed by atoms with E-state index in [4.69, 9.17) is 0 Å². The molecule has 2 aromatic heterocycles. The molecular weight excluding hydrogens is 271 g/mol. The lowest BCUT2D eigenvalue weighted by Crippen LogP contribution is -2.30. The van der Waals surface area contributed by atoms with Crippen LogP contribution in [0.2, 0.25) is 0 Å². The average Bonchev–Trinajstić information content (AvgIpc) is 2.83. The van der Waals surface area contributed by atoms with Crippen molar-refractivity contribution in [3.8, 4) is 11.6 Å². The maximum Gasteiger partial charge on any atom is 0.335 e. The molecule has 3 aromatic rings. The van der Waals surface area contributed by atoms with Crippen molar-refractivity contribution in [3.05, 3.63) is 56.3 Å². The maximum atomic E-state index is 13.4. The third-order valence-corrected chi connectivity index (χ3v) is 3.62. The number of aromatic nitrogens is 2. The number of nitrogens with zero attached hydrogens (tertiary/aromatic N) is 1. The van der Waals surface area contributed by atoms with E-state index in [9.17, 15) is 19.1 Å². The molecular formula is C12H7FN2O3S. The summed E-state index contributed by atoms with van der Waals surface area (Å²) in [4.78, 5) is 24.5. The molecule has 1 aromatic carbocycles. The van der Waals surface area contributed by atoms with Crippen molar-refractivity contribution in [2.24, 2.45) is 0 Å². The van der Waals surface area contributed by atoms with Crippen LogP contribution in [-0.4, -0.2) is 14.7 Å². The molecule has 0 fully saturated rings. The van der Waals surface area contributed by atoms with E-state index in [2.05, 4.69) is 0 Å². The van der Waals surface area contributed by atoms with Crippen LogP contribution in [0.15, 0.2) is 39.2 Å². The summed E-state index contributed by atoms with van der Waals surface area (Å²) in [5.41, 5.74) is -1.85. The van der Waals surface area contributed by atoms with Crippen molar-refractivity contribution in [2.45, 2.75) is 0 Å². The van der Waals surface area contributed by atoms with Crippen LogP contribution in [-0.2, 0) is 0 Å². The van der Waals surface area contributed by atoms with Gasteiger partial charge in [-0.2, -0.15) is 4.39 Å². The molecule has 0 aliphatic rings. The van der Waals surface area contributed by atoms with Gasteiger partial charge in [-0.15, -0.1) is 11.3 Å². The molecule has 0 unspecified atom stereocenters. The Labute approximate surface area is 109 Å². The van der Waals surface area contributed by atoms with Crippen LogP contribution < -0.4 is 11.2 Å². The standard InChI is InChI=1S/C12H7FN2O3S/c13-9-10(16)14-12(18)15(11(9)17)7-1-2-8-6(5-7)3-4-19-8/h1-5,17H,(H,14,16,18). The van der Waals surface area contributed by atoms with E-state index in [0.717, 1.165) is 10.1 Å². The second-order valence-electron chi connectivity index (χ2n) is 3.88. The lowest BCUT2D eigenvalue weighted by atomic mass is 10.2. The number of nitrogens with one attached hydrogen (secondary N) is 1. The quantitative estimate of drug-likeness (QED) is 0.709.